The van der Waals surface area contributed by atoms with Crippen LogP contribution in [0.4, 0.5) is 0 Å². The van der Waals surface area contributed by atoms with Crippen LogP contribution in [0, 0.1) is 6.92 Å². The molecule has 1 aliphatic heterocycles. The highest BCUT2D eigenvalue weighted by atomic mass is 32.2. The molecule has 1 aromatic heterocycles. The first-order valence-corrected chi connectivity index (χ1v) is 8.43. The van der Waals surface area contributed by atoms with E-state index in [1.807, 2.05) is 19.9 Å². The van der Waals surface area contributed by atoms with Gasteiger partial charge in [0, 0.05) is 18.7 Å². The summed E-state index contributed by atoms with van der Waals surface area (Å²) in [5, 5.41) is 3.47. The van der Waals surface area contributed by atoms with E-state index in [1.165, 1.54) is 0 Å². The smallest absolute Gasteiger partial charge is 0.160 e. The molecule has 0 aromatic carbocycles. The molecule has 1 atom stereocenters. The fraction of sp³-hybridized carbons (Fsp3) is 0.692. The quantitative estimate of drug-likeness (QED) is 0.835. The fourth-order valence-corrected chi connectivity index (χ4v) is 4.52. The number of hydrogen-bond acceptors (Lipinski definition) is 4. The highest BCUT2D eigenvalue weighted by Gasteiger charge is 2.34. The van der Waals surface area contributed by atoms with Gasteiger partial charge in [0.15, 0.2) is 15.6 Å². The van der Waals surface area contributed by atoms with Crippen LogP contribution in [0.5, 0.6) is 0 Å². The van der Waals surface area contributed by atoms with E-state index in [1.54, 1.807) is 4.68 Å². The number of aryl methyl sites for hydroxylation is 2. The molecule has 1 aliphatic rings. The van der Waals surface area contributed by atoms with E-state index in [0.717, 1.165) is 17.8 Å². The third-order valence-electron chi connectivity index (χ3n) is 3.58. The van der Waals surface area contributed by atoms with Crippen LogP contribution in [0.2, 0.25) is 0 Å². The molecule has 0 amide bonds. The van der Waals surface area contributed by atoms with Gasteiger partial charge < -0.3 is 0 Å². The Hall–Kier alpha value is -1.17. The second-order valence-electron chi connectivity index (χ2n) is 5.09. The predicted octanol–water partition coefficient (Wildman–Crippen LogP) is 1.29. The lowest BCUT2D eigenvalue weighted by Crippen LogP contribution is -2.36. The van der Waals surface area contributed by atoms with Crippen molar-refractivity contribution in [2.24, 2.45) is 0 Å². The third-order valence-corrected chi connectivity index (χ3v) is 5.80. The summed E-state index contributed by atoms with van der Waals surface area (Å²) in [5.41, 5.74) is 1.67. The summed E-state index contributed by atoms with van der Waals surface area (Å²) >= 11 is 0. The fourth-order valence-electron chi connectivity index (χ4n) is 2.62. The Bertz CT molecular complexity index is 575. The summed E-state index contributed by atoms with van der Waals surface area (Å²) in [4.78, 5) is 12.2. The van der Waals surface area contributed by atoms with Gasteiger partial charge in [-0.05, 0) is 32.8 Å². The van der Waals surface area contributed by atoms with E-state index in [2.05, 4.69) is 5.10 Å². The van der Waals surface area contributed by atoms with E-state index in [0.29, 0.717) is 19.4 Å². The van der Waals surface area contributed by atoms with Crippen molar-refractivity contribution in [1.82, 2.24) is 9.78 Å². The van der Waals surface area contributed by atoms with Crippen LogP contribution >= 0.6 is 0 Å². The van der Waals surface area contributed by atoms with Crippen molar-refractivity contribution in [3.63, 3.8) is 0 Å². The zero-order chi connectivity index (χ0) is 14.0. The van der Waals surface area contributed by atoms with Crippen molar-refractivity contribution >= 4 is 15.6 Å². The molecule has 1 fully saturated rings. The van der Waals surface area contributed by atoms with E-state index in [4.69, 9.17) is 0 Å². The molecule has 0 bridgehead atoms. The van der Waals surface area contributed by atoms with E-state index < -0.39 is 15.1 Å². The van der Waals surface area contributed by atoms with Crippen LogP contribution in [0.15, 0.2) is 6.07 Å². The van der Waals surface area contributed by atoms with Crippen LogP contribution < -0.4 is 0 Å². The van der Waals surface area contributed by atoms with Gasteiger partial charge in [-0.2, -0.15) is 5.10 Å². The lowest BCUT2D eigenvalue weighted by molar-refractivity contribution is -0.118. The van der Waals surface area contributed by atoms with Crippen molar-refractivity contribution < 1.29 is 13.2 Å². The summed E-state index contributed by atoms with van der Waals surface area (Å²) in [6, 6.07) is 1.86. The Morgan fingerprint density at radius 1 is 1.47 bits per heavy atom. The molecule has 0 radical (unpaired) electrons. The number of ketones is 1. The van der Waals surface area contributed by atoms with E-state index in [9.17, 15) is 13.2 Å². The summed E-state index contributed by atoms with van der Waals surface area (Å²) in [5.74, 6) is -0.0375. The maximum Gasteiger partial charge on any atom is 0.160 e. The zero-order valence-electron chi connectivity index (χ0n) is 11.4. The number of aromatic nitrogens is 2. The van der Waals surface area contributed by atoms with Gasteiger partial charge in [-0.1, -0.05) is 6.42 Å². The first kappa shape index (κ1) is 14.2. The molecular weight excluding hydrogens is 264 g/mol. The lowest BCUT2D eigenvalue weighted by Gasteiger charge is -2.21. The first-order valence-electron chi connectivity index (χ1n) is 6.71. The average Bonchev–Trinajstić information content (AvgIpc) is 2.68. The molecule has 6 heteroatoms. The van der Waals surface area contributed by atoms with E-state index in [-0.39, 0.29) is 18.0 Å². The Kier molecular flexibility index (Phi) is 4.08. The monoisotopic (exact) mass is 284 g/mol. The van der Waals surface area contributed by atoms with Crippen LogP contribution in [0.3, 0.4) is 0 Å². The Morgan fingerprint density at radius 2 is 2.21 bits per heavy atom. The second-order valence-corrected chi connectivity index (χ2v) is 7.39. The Morgan fingerprint density at radius 3 is 2.84 bits per heavy atom. The standard InChI is InChI=1S/C13H20N2O3S/c1-3-15-11(8-10(2)14-15)9-12(16)13-6-4-5-7-19(13,17)18/h8,13H,3-7,9H2,1-2H3. The summed E-state index contributed by atoms with van der Waals surface area (Å²) in [6.07, 6.45) is 2.14. The minimum atomic E-state index is -3.23. The van der Waals surface area contributed by atoms with Crippen molar-refractivity contribution in [3.05, 3.63) is 17.5 Å². The predicted molar refractivity (Wildman–Crippen MR) is 72.8 cm³/mol. The summed E-state index contributed by atoms with van der Waals surface area (Å²) in [6.45, 7) is 4.52. The number of hydrogen-bond donors (Lipinski definition) is 0. The highest BCUT2D eigenvalue weighted by molar-refractivity contribution is 7.92. The van der Waals surface area contributed by atoms with Crippen LogP contribution in [-0.4, -0.2) is 35.0 Å². The van der Waals surface area contributed by atoms with Crippen LogP contribution in [-0.2, 0) is 27.6 Å². The van der Waals surface area contributed by atoms with Crippen molar-refractivity contribution in [1.29, 1.82) is 0 Å². The molecule has 0 N–H and O–H groups in total. The maximum absolute atomic E-state index is 12.2. The molecule has 1 unspecified atom stereocenters. The van der Waals surface area contributed by atoms with Crippen molar-refractivity contribution in [3.8, 4) is 0 Å². The largest absolute Gasteiger partial charge is 0.298 e. The average molecular weight is 284 g/mol. The zero-order valence-corrected chi connectivity index (χ0v) is 12.2. The Labute approximate surface area is 113 Å². The molecule has 2 heterocycles. The number of carbonyl (C=O) groups excluding carboxylic acids is 1. The SMILES string of the molecule is CCn1nc(C)cc1CC(=O)C1CCCCS1(=O)=O. The van der Waals surface area contributed by atoms with Crippen LogP contribution in [0.1, 0.15) is 37.6 Å². The minimum Gasteiger partial charge on any atom is -0.298 e. The number of rotatable bonds is 4. The van der Waals surface area contributed by atoms with Gasteiger partial charge in [-0.15, -0.1) is 0 Å². The molecule has 5 nitrogen and oxygen atoms in total. The highest BCUT2D eigenvalue weighted by Crippen LogP contribution is 2.21. The lowest BCUT2D eigenvalue weighted by atomic mass is 10.1. The molecule has 19 heavy (non-hydrogen) atoms. The molecule has 0 spiro atoms. The van der Waals surface area contributed by atoms with Gasteiger partial charge in [0.25, 0.3) is 0 Å². The summed E-state index contributed by atoms with van der Waals surface area (Å²) in [7, 11) is -3.23. The molecule has 1 aromatic rings. The van der Waals surface area contributed by atoms with E-state index >= 15 is 0 Å². The van der Waals surface area contributed by atoms with Gasteiger partial charge in [0.1, 0.15) is 5.25 Å². The van der Waals surface area contributed by atoms with Gasteiger partial charge >= 0.3 is 0 Å². The minimum absolute atomic E-state index is 0.148. The molecule has 106 valence electrons. The number of Topliss-reactive ketones (excluding diaryl/α,β-unsaturated/α-hetero) is 1. The Balaban J connectivity index is 2.16. The number of nitrogens with zero attached hydrogens (tertiary/aromatic N) is 2. The second kappa shape index (κ2) is 5.45. The van der Waals surface area contributed by atoms with Crippen molar-refractivity contribution in [2.45, 2.75) is 51.3 Å². The number of sulfone groups is 1. The van der Waals surface area contributed by atoms with Crippen LogP contribution in [0.25, 0.3) is 0 Å². The first-order chi connectivity index (χ1) is 8.94. The maximum atomic E-state index is 12.2. The van der Waals surface area contributed by atoms with Gasteiger partial charge in [0.05, 0.1) is 11.4 Å². The normalized spacial score (nSPS) is 22.3. The third kappa shape index (κ3) is 3.05. The summed E-state index contributed by atoms with van der Waals surface area (Å²) < 4.78 is 25.6. The molecule has 1 saturated heterocycles. The van der Waals surface area contributed by atoms with Gasteiger partial charge in [0.2, 0.25) is 0 Å². The van der Waals surface area contributed by atoms with Crippen molar-refractivity contribution in [2.75, 3.05) is 5.75 Å². The topological polar surface area (TPSA) is 69.0 Å². The molecule has 0 saturated carbocycles. The van der Waals surface area contributed by atoms with Gasteiger partial charge in [-0.3, -0.25) is 9.48 Å². The van der Waals surface area contributed by atoms with Gasteiger partial charge in [-0.25, -0.2) is 8.42 Å². The molecule has 2 rings (SSSR count). The molecule has 0 aliphatic carbocycles. The molecular formula is C13H20N2O3S. The number of carbonyl (C=O) groups is 1.